The molecule has 1 amide bonds. The number of ether oxygens (including phenoxy) is 3. The molecule has 0 spiro atoms. The molecule has 0 radical (unpaired) electrons. The van der Waals surface area contributed by atoms with Crippen LogP contribution in [0, 0.1) is 0 Å². The third-order valence-corrected chi connectivity index (χ3v) is 4.75. The minimum absolute atomic E-state index is 0.0909. The van der Waals surface area contributed by atoms with Crippen molar-refractivity contribution in [2.75, 3.05) is 0 Å². The van der Waals surface area contributed by atoms with Crippen LogP contribution >= 0.6 is 0 Å². The van der Waals surface area contributed by atoms with Crippen LogP contribution in [-0.2, 0) is 25.4 Å². The predicted octanol–water partition coefficient (Wildman–Crippen LogP) is 1.81. The number of fused-ring (bicyclic) bond motifs is 1. The van der Waals surface area contributed by atoms with Crippen molar-refractivity contribution >= 4 is 12.1 Å². The van der Waals surface area contributed by atoms with Crippen LogP contribution in [0.5, 0.6) is 0 Å². The maximum atomic E-state index is 11.6. The number of amides is 1. The lowest BCUT2D eigenvalue weighted by Crippen LogP contribution is -2.44. The van der Waals surface area contributed by atoms with Gasteiger partial charge in [0, 0.05) is 12.5 Å². The Morgan fingerprint density at radius 3 is 2.32 bits per heavy atom. The summed E-state index contributed by atoms with van der Waals surface area (Å²) in [6.45, 7) is 8.84. The number of alkyl carbamates (subject to hydrolysis) is 1. The number of hydrogen-bond donors (Lipinski definition) is 4. The van der Waals surface area contributed by atoms with E-state index in [2.05, 4.69) is 5.32 Å². The summed E-state index contributed by atoms with van der Waals surface area (Å²) in [5, 5.41) is 21.0. The third-order valence-electron chi connectivity index (χ3n) is 4.75. The lowest BCUT2D eigenvalue weighted by molar-refractivity contribution is -0.163. The largest absolute Gasteiger partial charge is 0.480 e. The second kappa shape index (κ2) is 9.95. The number of hydrogen-bond acceptors (Lipinski definition) is 7. The van der Waals surface area contributed by atoms with Gasteiger partial charge in [-0.3, -0.25) is 0 Å². The highest BCUT2D eigenvalue weighted by Gasteiger charge is 2.52. The average molecular weight is 439 g/mol. The van der Waals surface area contributed by atoms with E-state index in [0.29, 0.717) is 6.42 Å². The summed E-state index contributed by atoms with van der Waals surface area (Å²) in [4.78, 5) is 22.7. The van der Waals surface area contributed by atoms with Crippen LogP contribution in [0.4, 0.5) is 4.79 Å². The molecule has 1 aromatic carbocycles. The number of carboxylic acids is 1. The number of aliphatic hydroxyl groups is 1. The number of nitrogens with two attached hydrogens (primary N) is 1. The molecule has 9 heteroatoms. The summed E-state index contributed by atoms with van der Waals surface area (Å²) < 4.78 is 16.1. The van der Waals surface area contributed by atoms with E-state index in [4.69, 9.17) is 25.1 Å². The van der Waals surface area contributed by atoms with E-state index in [9.17, 15) is 14.7 Å². The molecule has 3 rings (SSSR count). The summed E-state index contributed by atoms with van der Waals surface area (Å²) in [5.41, 5.74) is 5.95. The van der Waals surface area contributed by atoms with Gasteiger partial charge in [0.1, 0.15) is 23.9 Å². The second-order valence-corrected chi connectivity index (χ2v) is 9.26. The van der Waals surface area contributed by atoms with Crippen molar-refractivity contribution in [2.45, 2.75) is 89.2 Å². The number of aliphatic carboxylic acids is 1. The van der Waals surface area contributed by atoms with Gasteiger partial charge in [0.05, 0.1) is 6.10 Å². The molecule has 2 fully saturated rings. The van der Waals surface area contributed by atoms with Gasteiger partial charge in [-0.25, -0.2) is 9.59 Å². The summed E-state index contributed by atoms with van der Waals surface area (Å²) in [5.74, 6) is -1.68. The first kappa shape index (κ1) is 25.1. The maximum Gasteiger partial charge on any atom is 0.408 e. The maximum absolute atomic E-state index is 11.6. The number of carbonyl (C=O) groups is 2. The zero-order valence-corrected chi connectivity index (χ0v) is 18.7. The minimum Gasteiger partial charge on any atom is -0.480 e. The Kier molecular flexibility index (Phi) is 8.04. The number of nitrogens with one attached hydrogen (secondary N) is 1. The monoisotopic (exact) mass is 438 g/mol. The molecule has 1 saturated carbocycles. The standard InChI is InChI=1S/C14H19NO4.C8H15NO3/c1-14(2,3)19-13(18)15-11(12(16)17)9-10-7-5-4-6-8-10;1-8(2)11-6-4(9)3-5(10)7(6)12-8/h4-8,11H,9H2,1-3H3,(H,15,18)(H,16,17);4-7,10H,3,9H2,1-2H3/t11-;4-,5+,6+,7-/m01/s1. The van der Waals surface area contributed by atoms with Gasteiger partial charge in [0.25, 0.3) is 0 Å². The molecule has 1 aliphatic carbocycles. The van der Waals surface area contributed by atoms with Crippen molar-refractivity contribution in [1.82, 2.24) is 5.32 Å². The van der Waals surface area contributed by atoms with E-state index in [1.54, 1.807) is 20.8 Å². The predicted molar refractivity (Wildman–Crippen MR) is 113 cm³/mol. The molecule has 1 saturated heterocycles. The fraction of sp³-hybridized carbons (Fsp3) is 0.636. The molecule has 174 valence electrons. The second-order valence-electron chi connectivity index (χ2n) is 9.26. The molecule has 9 nitrogen and oxygen atoms in total. The highest BCUT2D eigenvalue weighted by atomic mass is 16.8. The van der Waals surface area contributed by atoms with Crippen LogP contribution in [0.3, 0.4) is 0 Å². The molecular formula is C22H34N2O7. The molecule has 2 aliphatic rings. The number of benzene rings is 1. The number of aliphatic hydroxyl groups excluding tert-OH is 1. The lowest BCUT2D eigenvalue weighted by atomic mass is 10.1. The molecule has 1 aliphatic heterocycles. The average Bonchev–Trinajstić information content (AvgIpc) is 3.08. The van der Waals surface area contributed by atoms with Gasteiger partial charge < -0.3 is 35.5 Å². The van der Waals surface area contributed by atoms with Crippen LogP contribution in [-0.4, -0.2) is 64.1 Å². The first-order valence-electron chi connectivity index (χ1n) is 10.3. The van der Waals surface area contributed by atoms with Gasteiger partial charge >= 0.3 is 12.1 Å². The van der Waals surface area contributed by atoms with Crippen molar-refractivity contribution in [3.8, 4) is 0 Å². The van der Waals surface area contributed by atoms with Gasteiger partial charge in [0.15, 0.2) is 5.79 Å². The van der Waals surface area contributed by atoms with Crippen LogP contribution in [0.2, 0.25) is 0 Å². The number of carboxylic acid groups (broad SMARTS) is 1. The molecular weight excluding hydrogens is 404 g/mol. The van der Waals surface area contributed by atoms with E-state index < -0.39 is 35.6 Å². The molecule has 5 atom stereocenters. The molecule has 0 aromatic heterocycles. The van der Waals surface area contributed by atoms with Gasteiger partial charge in [0.2, 0.25) is 0 Å². The zero-order chi connectivity index (χ0) is 23.4. The summed E-state index contributed by atoms with van der Waals surface area (Å²) in [7, 11) is 0. The molecule has 1 aromatic rings. The first-order valence-corrected chi connectivity index (χ1v) is 10.3. The number of rotatable bonds is 4. The smallest absolute Gasteiger partial charge is 0.408 e. The van der Waals surface area contributed by atoms with Crippen molar-refractivity contribution < 1.29 is 34.0 Å². The van der Waals surface area contributed by atoms with Gasteiger partial charge in [-0.1, -0.05) is 30.3 Å². The van der Waals surface area contributed by atoms with Gasteiger partial charge in [-0.05, 0) is 46.6 Å². The first-order chi connectivity index (χ1) is 14.3. The number of carbonyl (C=O) groups excluding carboxylic acids is 1. The Labute approximate surface area is 182 Å². The quantitative estimate of drug-likeness (QED) is 0.558. The summed E-state index contributed by atoms with van der Waals surface area (Å²) in [6.07, 6.45) is -0.756. The van der Waals surface area contributed by atoms with Crippen LogP contribution < -0.4 is 11.1 Å². The van der Waals surface area contributed by atoms with Crippen molar-refractivity contribution in [1.29, 1.82) is 0 Å². The Hall–Kier alpha value is -2.20. The van der Waals surface area contributed by atoms with E-state index in [-0.39, 0.29) is 24.7 Å². The molecule has 0 bridgehead atoms. The highest BCUT2D eigenvalue weighted by Crippen LogP contribution is 2.37. The van der Waals surface area contributed by atoms with Gasteiger partial charge in [-0.2, -0.15) is 0 Å². The van der Waals surface area contributed by atoms with E-state index in [0.717, 1.165) is 5.56 Å². The normalized spacial score (nSPS) is 27.5. The van der Waals surface area contributed by atoms with Crippen LogP contribution in [0.15, 0.2) is 30.3 Å². The molecule has 5 N–H and O–H groups in total. The van der Waals surface area contributed by atoms with Gasteiger partial charge in [-0.15, -0.1) is 0 Å². The van der Waals surface area contributed by atoms with Crippen molar-refractivity contribution in [3.05, 3.63) is 35.9 Å². The highest BCUT2D eigenvalue weighted by molar-refractivity contribution is 5.80. The van der Waals surface area contributed by atoms with E-state index in [1.807, 2.05) is 44.2 Å². The molecule has 1 heterocycles. The minimum atomic E-state index is -1.09. The van der Waals surface area contributed by atoms with E-state index >= 15 is 0 Å². The van der Waals surface area contributed by atoms with Crippen molar-refractivity contribution in [3.63, 3.8) is 0 Å². The lowest BCUT2D eigenvalue weighted by Gasteiger charge is -2.22. The Bertz CT molecular complexity index is 730. The topological polar surface area (TPSA) is 140 Å². The van der Waals surface area contributed by atoms with Crippen LogP contribution in [0.25, 0.3) is 0 Å². The Morgan fingerprint density at radius 1 is 1.23 bits per heavy atom. The Morgan fingerprint density at radius 2 is 1.81 bits per heavy atom. The molecule has 31 heavy (non-hydrogen) atoms. The van der Waals surface area contributed by atoms with Crippen LogP contribution in [0.1, 0.15) is 46.6 Å². The fourth-order valence-corrected chi connectivity index (χ4v) is 3.49. The summed E-state index contributed by atoms with van der Waals surface area (Å²) >= 11 is 0. The Balaban J connectivity index is 0.000000242. The summed E-state index contributed by atoms with van der Waals surface area (Å²) in [6, 6.07) is 8.02. The SMILES string of the molecule is CC(C)(C)OC(=O)N[C@@H](Cc1ccccc1)C(=O)O.CC1(C)O[C@@H]2[C@H](O1)[C@@H](O)C[C@H]2N. The fourth-order valence-electron chi connectivity index (χ4n) is 3.49. The zero-order valence-electron chi connectivity index (χ0n) is 18.7. The third kappa shape index (κ3) is 7.77. The van der Waals surface area contributed by atoms with E-state index in [1.165, 1.54) is 0 Å². The molecule has 0 unspecified atom stereocenters. The van der Waals surface area contributed by atoms with Crippen molar-refractivity contribution in [2.24, 2.45) is 5.73 Å².